The quantitative estimate of drug-likeness (QED) is 0.664. The van der Waals surface area contributed by atoms with Crippen molar-refractivity contribution >= 4 is 28.1 Å². The predicted molar refractivity (Wildman–Crippen MR) is 77.0 cm³/mol. The van der Waals surface area contributed by atoms with Gasteiger partial charge in [-0.2, -0.15) is 5.10 Å². The lowest BCUT2D eigenvalue weighted by Crippen LogP contribution is -1.93. The summed E-state index contributed by atoms with van der Waals surface area (Å²) >= 11 is 2.25. The van der Waals surface area contributed by atoms with Crippen molar-refractivity contribution < 1.29 is 4.74 Å². The van der Waals surface area contributed by atoms with Crippen LogP contribution in [0.5, 0.6) is 11.6 Å². The second-order valence-electron chi connectivity index (χ2n) is 3.91. The molecule has 0 saturated heterocycles. The van der Waals surface area contributed by atoms with Gasteiger partial charge in [-0.3, -0.25) is 0 Å². The number of hydrogen-bond acceptors (Lipinski definition) is 3. The molecule has 1 aromatic carbocycles. The van der Waals surface area contributed by atoms with Gasteiger partial charge >= 0.3 is 0 Å². The van der Waals surface area contributed by atoms with Gasteiger partial charge in [0.2, 0.25) is 5.88 Å². The highest BCUT2D eigenvalue weighted by molar-refractivity contribution is 14.1. The maximum Gasteiger partial charge on any atom is 0.245 e. The lowest BCUT2D eigenvalue weighted by molar-refractivity contribution is 0.465. The molecule has 0 spiro atoms. The first-order valence-corrected chi connectivity index (χ1v) is 6.55. The van der Waals surface area contributed by atoms with E-state index >= 15 is 0 Å². The van der Waals surface area contributed by atoms with Crippen LogP contribution < -0.4 is 4.74 Å². The van der Waals surface area contributed by atoms with Gasteiger partial charge in [0.1, 0.15) is 11.3 Å². The Bertz CT molecular complexity index is 708. The van der Waals surface area contributed by atoms with E-state index in [1.165, 1.54) is 0 Å². The number of aromatic nitrogens is 3. The summed E-state index contributed by atoms with van der Waals surface area (Å²) < 4.78 is 8.71. The molecule has 4 nitrogen and oxygen atoms in total. The zero-order valence-electron chi connectivity index (χ0n) is 9.67. The van der Waals surface area contributed by atoms with E-state index in [1.807, 2.05) is 43.5 Å². The Morgan fingerprint density at radius 1 is 1.28 bits per heavy atom. The number of nitrogens with zero attached hydrogens (tertiary/aromatic N) is 3. The molecule has 0 radical (unpaired) electrons. The smallest absolute Gasteiger partial charge is 0.245 e. The second-order valence-corrected chi connectivity index (χ2v) is 5.15. The average molecular weight is 351 g/mol. The highest BCUT2D eigenvalue weighted by atomic mass is 127. The Morgan fingerprint density at radius 2 is 2.17 bits per heavy atom. The van der Waals surface area contributed by atoms with Crippen LogP contribution in [0.2, 0.25) is 0 Å². The molecule has 2 heterocycles. The van der Waals surface area contributed by atoms with Crippen LogP contribution in [-0.4, -0.2) is 14.6 Å². The van der Waals surface area contributed by atoms with Crippen molar-refractivity contribution in [1.29, 1.82) is 0 Å². The van der Waals surface area contributed by atoms with Crippen LogP contribution >= 0.6 is 22.6 Å². The fourth-order valence-electron chi connectivity index (χ4n) is 1.74. The highest BCUT2D eigenvalue weighted by Crippen LogP contribution is 2.25. The molecule has 0 fully saturated rings. The second kappa shape index (κ2) is 4.56. The maximum absolute atomic E-state index is 5.81. The van der Waals surface area contributed by atoms with Crippen LogP contribution in [0.25, 0.3) is 5.52 Å². The van der Waals surface area contributed by atoms with Gasteiger partial charge < -0.3 is 4.74 Å². The van der Waals surface area contributed by atoms with Crippen molar-refractivity contribution in [2.75, 3.05) is 0 Å². The van der Waals surface area contributed by atoms with E-state index in [-0.39, 0.29) is 0 Å². The minimum absolute atomic E-state index is 0.570. The molecule has 2 aromatic heterocycles. The topological polar surface area (TPSA) is 39.4 Å². The van der Waals surface area contributed by atoms with Crippen molar-refractivity contribution in [1.82, 2.24) is 14.6 Å². The number of benzene rings is 1. The van der Waals surface area contributed by atoms with E-state index in [0.717, 1.165) is 20.5 Å². The first-order valence-electron chi connectivity index (χ1n) is 5.47. The van der Waals surface area contributed by atoms with Crippen LogP contribution in [0.1, 0.15) is 5.69 Å². The number of ether oxygens (including phenoxy) is 1. The molecule has 0 aliphatic rings. The molecular weight excluding hydrogens is 341 g/mol. The van der Waals surface area contributed by atoms with E-state index in [4.69, 9.17) is 4.74 Å². The number of hydrogen-bond donors (Lipinski definition) is 0. The molecule has 5 heteroatoms. The Balaban J connectivity index is 2.04. The lowest BCUT2D eigenvalue weighted by Gasteiger charge is -2.05. The standard InChI is InChI=1S/C13H10IN3O/c1-9-7-12-13(15-5-6-17(12)16-9)18-11-4-2-3-10(14)8-11/h2-8H,1H3. The fourth-order valence-corrected chi connectivity index (χ4v) is 2.26. The number of aryl methyl sites for hydroxylation is 1. The SMILES string of the molecule is Cc1cc2c(Oc3cccc(I)c3)nccn2n1. The molecule has 0 amide bonds. The predicted octanol–water partition coefficient (Wildman–Crippen LogP) is 3.43. The van der Waals surface area contributed by atoms with E-state index < -0.39 is 0 Å². The molecule has 0 bridgehead atoms. The third-order valence-corrected chi connectivity index (χ3v) is 3.16. The van der Waals surface area contributed by atoms with Crippen molar-refractivity contribution in [3.05, 3.63) is 52.0 Å². The summed E-state index contributed by atoms with van der Waals surface area (Å²) in [5, 5.41) is 4.33. The minimum Gasteiger partial charge on any atom is -0.437 e. The van der Waals surface area contributed by atoms with E-state index in [9.17, 15) is 0 Å². The molecule has 0 atom stereocenters. The molecule has 0 unspecified atom stereocenters. The Hall–Kier alpha value is -1.63. The summed E-state index contributed by atoms with van der Waals surface area (Å²) in [4.78, 5) is 4.26. The number of fused-ring (bicyclic) bond motifs is 1. The molecular formula is C13H10IN3O. The van der Waals surface area contributed by atoms with Crippen molar-refractivity contribution in [3.63, 3.8) is 0 Å². The Labute approximate surface area is 118 Å². The zero-order chi connectivity index (χ0) is 12.5. The number of rotatable bonds is 2. The third-order valence-electron chi connectivity index (χ3n) is 2.49. The van der Waals surface area contributed by atoms with Crippen molar-refractivity contribution in [2.45, 2.75) is 6.92 Å². The van der Waals surface area contributed by atoms with Crippen LogP contribution in [0, 0.1) is 10.5 Å². The summed E-state index contributed by atoms with van der Waals surface area (Å²) in [5.41, 5.74) is 1.81. The van der Waals surface area contributed by atoms with Gasteiger partial charge in [0, 0.05) is 16.0 Å². The first-order chi connectivity index (χ1) is 8.72. The first kappa shape index (κ1) is 11.5. The van der Waals surface area contributed by atoms with Crippen LogP contribution in [0.3, 0.4) is 0 Å². The molecule has 0 saturated carbocycles. The van der Waals surface area contributed by atoms with Gasteiger partial charge in [0.25, 0.3) is 0 Å². The summed E-state index contributed by atoms with van der Waals surface area (Å²) in [6.45, 7) is 1.95. The van der Waals surface area contributed by atoms with Gasteiger partial charge in [0.15, 0.2) is 0 Å². The molecule has 18 heavy (non-hydrogen) atoms. The molecule has 0 aliphatic carbocycles. The van der Waals surface area contributed by atoms with Gasteiger partial charge in [-0.1, -0.05) is 6.07 Å². The summed E-state index contributed by atoms with van der Waals surface area (Å²) in [6.07, 6.45) is 3.49. The van der Waals surface area contributed by atoms with E-state index in [1.54, 1.807) is 10.7 Å². The Morgan fingerprint density at radius 3 is 3.00 bits per heavy atom. The van der Waals surface area contributed by atoms with E-state index in [2.05, 4.69) is 32.7 Å². The Kier molecular flexibility index (Phi) is 2.91. The molecule has 90 valence electrons. The normalized spacial score (nSPS) is 10.8. The summed E-state index contributed by atoms with van der Waals surface area (Å²) in [7, 11) is 0. The lowest BCUT2D eigenvalue weighted by atomic mass is 10.3. The van der Waals surface area contributed by atoms with Gasteiger partial charge in [-0.05, 0) is 53.8 Å². The number of halogens is 1. The summed E-state index contributed by atoms with van der Waals surface area (Å²) in [6, 6.07) is 9.81. The third kappa shape index (κ3) is 2.17. The highest BCUT2D eigenvalue weighted by Gasteiger charge is 2.07. The van der Waals surface area contributed by atoms with Crippen molar-refractivity contribution in [2.24, 2.45) is 0 Å². The van der Waals surface area contributed by atoms with Gasteiger partial charge in [-0.15, -0.1) is 0 Å². The van der Waals surface area contributed by atoms with Crippen LogP contribution in [0.4, 0.5) is 0 Å². The van der Waals surface area contributed by atoms with Gasteiger partial charge in [0.05, 0.1) is 5.69 Å². The zero-order valence-corrected chi connectivity index (χ0v) is 11.8. The van der Waals surface area contributed by atoms with E-state index in [0.29, 0.717) is 5.88 Å². The average Bonchev–Trinajstić information content (AvgIpc) is 2.71. The van der Waals surface area contributed by atoms with Crippen LogP contribution in [0.15, 0.2) is 42.7 Å². The molecule has 3 rings (SSSR count). The summed E-state index contributed by atoms with van der Waals surface area (Å²) in [5.74, 6) is 1.35. The minimum atomic E-state index is 0.570. The van der Waals surface area contributed by atoms with Crippen LogP contribution in [-0.2, 0) is 0 Å². The van der Waals surface area contributed by atoms with Crippen molar-refractivity contribution in [3.8, 4) is 11.6 Å². The monoisotopic (exact) mass is 351 g/mol. The maximum atomic E-state index is 5.81. The molecule has 3 aromatic rings. The largest absolute Gasteiger partial charge is 0.437 e. The molecule has 0 N–H and O–H groups in total. The molecule has 0 aliphatic heterocycles. The van der Waals surface area contributed by atoms with Gasteiger partial charge in [-0.25, -0.2) is 9.50 Å². The fraction of sp³-hybridized carbons (Fsp3) is 0.0769.